The van der Waals surface area contributed by atoms with Crippen molar-refractivity contribution in [1.82, 2.24) is 0 Å². The molecular weight excluding hydrogens is 349 g/mol. The molecule has 0 aromatic heterocycles. The molecule has 26 heavy (non-hydrogen) atoms. The molecule has 0 bridgehead atoms. The van der Waals surface area contributed by atoms with Gasteiger partial charge in [0.05, 0.1) is 10.7 Å². The molecule has 0 fully saturated rings. The van der Waals surface area contributed by atoms with Crippen LogP contribution in [0.1, 0.15) is 29.8 Å². The molecule has 3 rings (SSSR count). The number of hydrogen-bond acceptors (Lipinski definition) is 2. The second-order valence-electron chi connectivity index (χ2n) is 6.63. The molecule has 0 aliphatic rings. The van der Waals surface area contributed by atoms with E-state index in [1.807, 2.05) is 44.2 Å². The van der Waals surface area contributed by atoms with Crippen LogP contribution in [0.3, 0.4) is 0 Å². The number of nitrogen functional groups attached to an aromatic ring is 1. The highest BCUT2D eigenvalue weighted by atomic mass is 35.5. The van der Waals surface area contributed by atoms with Gasteiger partial charge >= 0.3 is 0 Å². The summed E-state index contributed by atoms with van der Waals surface area (Å²) in [5, 5.41) is 11.3. The first-order chi connectivity index (χ1) is 12.3. The zero-order valence-corrected chi connectivity index (χ0v) is 15.7. The van der Waals surface area contributed by atoms with Crippen LogP contribution in [0.15, 0.2) is 48.5 Å². The summed E-state index contributed by atoms with van der Waals surface area (Å²) in [5.41, 5.74) is 11.8. The van der Waals surface area contributed by atoms with Gasteiger partial charge in [0.2, 0.25) is 0 Å². The molecule has 0 aliphatic heterocycles. The summed E-state index contributed by atoms with van der Waals surface area (Å²) in [6.07, 6.45) is -1.03. The summed E-state index contributed by atoms with van der Waals surface area (Å²) in [6, 6.07) is 14.6. The molecule has 0 radical (unpaired) electrons. The third-order valence-electron chi connectivity index (χ3n) is 4.58. The first kappa shape index (κ1) is 18.3. The predicted molar refractivity (Wildman–Crippen MR) is 107 cm³/mol. The molecule has 0 amide bonds. The van der Waals surface area contributed by atoms with E-state index in [-0.39, 0.29) is 5.75 Å². The zero-order chi connectivity index (χ0) is 19.0. The quantitative estimate of drug-likeness (QED) is 0.510. The van der Waals surface area contributed by atoms with E-state index in [9.17, 15) is 9.50 Å². The Morgan fingerprint density at radius 2 is 1.54 bits per heavy atom. The Morgan fingerprint density at radius 3 is 2.08 bits per heavy atom. The smallest absolute Gasteiger partial charge is 0.131 e. The van der Waals surface area contributed by atoms with Crippen LogP contribution in [-0.4, -0.2) is 5.11 Å². The molecule has 0 spiro atoms. The minimum absolute atomic E-state index is 0.164. The number of phenolic OH excluding ortho intramolecular Hbond substituents is 1. The minimum Gasteiger partial charge on any atom is -0.507 e. The molecule has 0 saturated carbocycles. The fraction of sp³-hybridized carbons (Fsp3) is 0.182. The van der Waals surface area contributed by atoms with E-state index in [1.165, 1.54) is 6.92 Å². The van der Waals surface area contributed by atoms with Gasteiger partial charge in [0, 0.05) is 11.1 Å². The van der Waals surface area contributed by atoms with Crippen LogP contribution in [0.4, 0.5) is 10.1 Å². The van der Waals surface area contributed by atoms with Crippen molar-refractivity contribution in [2.75, 3.05) is 5.73 Å². The maximum Gasteiger partial charge on any atom is 0.131 e. The third kappa shape index (κ3) is 3.40. The van der Waals surface area contributed by atoms with E-state index in [0.717, 1.165) is 22.3 Å². The van der Waals surface area contributed by atoms with Gasteiger partial charge in [-0.2, -0.15) is 0 Å². The molecule has 2 nitrogen and oxygen atoms in total. The molecule has 3 N–H and O–H groups in total. The van der Waals surface area contributed by atoms with Gasteiger partial charge in [-0.25, -0.2) is 4.39 Å². The van der Waals surface area contributed by atoms with Gasteiger partial charge < -0.3 is 10.8 Å². The number of rotatable bonds is 3. The molecule has 1 atom stereocenters. The average molecular weight is 370 g/mol. The zero-order valence-electron chi connectivity index (χ0n) is 15.0. The maximum absolute atomic E-state index is 13.7. The van der Waals surface area contributed by atoms with Crippen LogP contribution in [0.5, 0.6) is 5.75 Å². The standard InChI is InChI=1S/C22H21ClFNO/c1-12-8-18(15-4-6-17(14(3)24)13(2)10-15)22(26)19(9-12)16-5-7-21(25)20(23)11-16/h4-11,14,26H,25H2,1-3H3. The summed E-state index contributed by atoms with van der Waals surface area (Å²) in [5.74, 6) is 0.164. The highest BCUT2D eigenvalue weighted by molar-refractivity contribution is 6.33. The van der Waals surface area contributed by atoms with Crippen molar-refractivity contribution in [3.63, 3.8) is 0 Å². The number of benzene rings is 3. The Hall–Kier alpha value is -2.52. The summed E-state index contributed by atoms with van der Waals surface area (Å²) in [6.45, 7) is 5.37. The fourth-order valence-electron chi connectivity index (χ4n) is 3.20. The van der Waals surface area contributed by atoms with Crippen molar-refractivity contribution in [3.05, 3.63) is 70.2 Å². The lowest BCUT2D eigenvalue weighted by Crippen LogP contribution is -1.93. The summed E-state index contributed by atoms with van der Waals surface area (Å²) in [7, 11) is 0. The first-order valence-corrected chi connectivity index (χ1v) is 8.79. The van der Waals surface area contributed by atoms with Gasteiger partial charge in [0.15, 0.2) is 0 Å². The number of aryl methyl sites for hydroxylation is 2. The maximum atomic E-state index is 13.7. The predicted octanol–water partition coefficient (Wildman–Crippen LogP) is 6.61. The van der Waals surface area contributed by atoms with Crippen molar-refractivity contribution in [3.8, 4) is 28.0 Å². The van der Waals surface area contributed by atoms with Crippen LogP contribution < -0.4 is 5.73 Å². The molecule has 0 saturated heterocycles. The Labute approximate surface area is 158 Å². The lowest BCUT2D eigenvalue weighted by molar-refractivity contribution is 0.373. The molecule has 0 aliphatic carbocycles. The van der Waals surface area contributed by atoms with Gasteiger partial charge in [0.1, 0.15) is 11.9 Å². The number of anilines is 1. The summed E-state index contributed by atoms with van der Waals surface area (Å²) >= 11 is 6.14. The monoisotopic (exact) mass is 369 g/mol. The van der Waals surface area contributed by atoms with E-state index >= 15 is 0 Å². The Bertz CT molecular complexity index is 982. The summed E-state index contributed by atoms with van der Waals surface area (Å²) in [4.78, 5) is 0. The SMILES string of the molecule is Cc1cc(-c2ccc(C(C)F)c(C)c2)c(O)c(-c2ccc(N)c(Cl)c2)c1. The number of halogens is 2. The first-order valence-electron chi connectivity index (χ1n) is 8.42. The molecule has 134 valence electrons. The molecule has 3 aromatic carbocycles. The number of nitrogens with two attached hydrogens (primary N) is 1. The van der Waals surface area contributed by atoms with E-state index in [0.29, 0.717) is 27.4 Å². The molecule has 0 heterocycles. The van der Waals surface area contributed by atoms with Crippen molar-refractivity contribution < 1.29 is 9.50 Å². The average Bonchev–Trinajstić information content (AvgIpc) is 2.58. The molecular formula is C22H21ClFNO. The van der Waals surface area contributed by atoms with E-state index < -0.39 is 6.17 Å². The van der Waals surface area contributed by atoms with Gasteiger partial charge in [-0.05, 0) is 72.9 Å². The van der Waals surface area contributed by atoms with Crippen LogP contribution in [0.2, 0.25) is 5.02 Å². The molecule has 4 heteroatoms. The molecule has 1 unspecified atom stereocenters. The van der Waals surface area contributed by atoms with Gasteiger partial charge in [0.25, 0.3) is 0 Å². The second kappa shape index (κ2) is 7.00. The second-order valence-corrected chi connectivity index (χ2v) is 7.04. The lowest BCUT2D eigenvalue weighted by Gasteiger charge is -2.15. The number of hydrogen-bond donors (Lipinski definition) is 2. The summed E-state index contributed by atoms with van der Waals surface area (Å²) < 4.78 is 13.7. The fourth-order valence-corrected chi connectivity index (χ4v) is 3.38. The largest absolute Gasteiger partial charge is 0.507 e. The van der Waals surface area contributed by atoms with Crippen LogP contribution in [0, 0.1) is 13.8 Å². The topological polar surface area (TPSA) is 46.2 Å². The van der Waals surface area contributed by atoms with Gasteiger partial charge in [-0.1, -0.05) is 35.9 Å². The lowest BCUT2D eigenvalue weighted by atomic mass is 9.92. The van der Waals surface area contributed by atoms with Crippen molar-refractivity contribution in [2.45, 2.75) is 26.9 Å². The number of alkyl halides is 1. The molecule has 3 aromatic rings. The van der Waals surface area contributed by atoms with Crippen molar-refractivity contribution >= 4 is 17.3 Å². The Balaban J connectivity index is 2.16. The normalized spacial score (nSPS) is 12.2. The van der Waals surface area contributed by atoms with Gasteiger partial charge in [-0.15, -0.1) is 0 Å². The number of phenols is 1. The third-order valence-corrected chi connectivity index (χ3v) is 4.90. The van der Waals surface area contributed by atoms with Crippen LogP contribution >= 0.6 is 11.6 Å². The van der Waals surface area contributed by atoms with Gasteiger partial charge in [-0.3, -0.25) is 0 Å². The Kier molecular flexibility index (Phi) is 4.92. The van der Waals surface area contributed by atoms with E-state index in [4.69, 9.17) is 17.3 Å². The number of aromatic hydroxyl groups is 1. The van der Waals surface area contributed by atoms with Crippen molar-refractivity contribution in [2.24, 2.45) is 0 Å². The van der Waals surface area contributed by atoms with Crippen molar-refractivity contribution in [1.29, 1.82) is 0 Å². The van der Waals surface area contributed by atoms with Crippen LogP contribution in [0.25, 0.3) is 22.3 Å². The van der Waals surface area contributed by atoms with Crippen LogP contribution in [-0.2, 0) is 0 Å². The van der Waals surface area contributed by atoms with E-state index in [2.05, 4.69) is 0 Å². The van der Waals surface area contributed by atoms with E-state index in [1.54, 1.807) is 18.2 Å². The Morgan fingerprint density at radius 1 is 0.962 bits per heavy atom. The minimum atomic E-state index is -1.03. The highest BCUT2D eigenvalue weighted by Gasteiger charge is 2.15. The highest BCUT2D eigenvalue weighted by Crippen LogP contribution is 2.41.